The smallest absolute Gasteiger partial charge is 0.181 e. The van der Waals surface area contributed by atoms with Crippen LogP contribution in [0, 0.1) is 13.8 Å². The van der Waals surface area contributed by atoms with Crippen LogP contribution in [0.15, 0.2) is 78.9 Å². The maximum atomic E-state index is 6.13. The number of nitrogens with zero attached hydrogens (tertiary/aromatic N) is 2. The lowest BCUT2D eigenvalue weighted by atomic mass is 10.1. The first-order valence-electron chi connectivity index (χ1n) is 10.4. The van der Waals surface area contributed by atoms with Crippen molar-refractivity contribution in [3.8, 4) is 0 Å². The maximum Gasteiger partial charge on any atom is 0.181 e. The molecule has 0 bridgehead atoms. The van der Waals surface area contributed by atoms with Crippen LogP contribution in [0.3, 0.4) is 0 Å². The number of unbranched alkanes of at least 4 members (excludes halogenated alkanes) is 1. The number of anilines is 2. The van der Waals surface area contributed by atoms with Gasteiger partial charge in [-0.15, -0.1) is 0 Å². The summed E-state index contributed by atoms with van der Waals surface area (Å²) in [6, 6.07) is 27.6. The molecular weight excluding hydrogens is 372 g/mol. The number of rotatable bonds is 7. The van der Waals surface area contributed by atoms with Crippen LogP contribution in [0.1, 0.15) is 36.5 Å². The van der Waals surface area contributed by atoms with Crippen molar-refractivity contribution < 1.29 is 0 Å². The van der Waals surface area contributed by atoms with Crippen molar-refractivity contribution >= 4 is 28.7 Å². The fourth-order valence-electron chi connectivity index (χ4n) is 3.43. The van der Waals surface area contributed by atoms with Gasteiger partial charge >= 0.3 is 0 Å². The van der Waals surface area contributed by atoms with Crippen molar-refractivity contribution in [2.45, 2.75) is 40.2 Å². The van der Waals surface area contributed by atoms with Crippen LogP contribution in [0.4, 0.5) is 11.4 Å². The Balaban J connectivity index is 2.02. The van der Waals surface area contributed by atoms with Crippen molar-refractivity contribution in [3.05, 3.63) is 95.6 Å². The summed E-state index contributed by atoms with van der Waals surface area (Å²) in [5, 5.41) is 0.849. The molecule has 3 aromatic carbocycles. The highest BCUT2D eigenvalue weighted by Crippen LogP contribution is 2.31. The van der Waals surface area contributed by atoms with E-state index in [1.165, 1.54) is 16.7 Å². The van der Waals surface area contributed by atoms with Crippen LogP contribution in [-0.4, -0.2) is 16.6 Å². The molecule has 0 aromatic heterocycles. The standard InChI is InChI=1S/C26H30N2S/c1-4-5-18-27(20-23-12-8-6-9-13-23)26(29)28(24-14-10-7-11-15-24)25-19-21(2)16-17-22(25)3/h6-17,19H,4-5,18,20H2,1-3H3. The van der Waals surface area contributed by atoms with Gasteiger partial charge in [0.15, 0.2) is 5.11 Å². The van der Waals surface area contributed by atoms with Gasteiger partial charge in [0.05, 0.1) is 5.69 Å². The molecule has 0 spiro atoms. The maximum absolute atomic E-state index is 6.13. The summed E-state index contributed by atoms with van der Waals surface area (Å²) in [6.45, 7) is 8.27. The van der Waals surface area contributed by atoms with E-state index in [-0.39, 0.29) is 0 Å². The Bertz CT molecular complexity index is 922. The van der Waals surface area contributed by atoms with E-state index in [0.29, 0.717) is 0 Å². The SMILES string of the molecule is CCCCN(Cc1ccccc1)C(=S)N(c1ccccc1)c1cc(C)ccc1C. The van der Waals surface area contributed by atoms with Gasteiger partial charge in [0.25, 0.3) is 0 Å². The van der Waals surface area contributed by atoms with Crippen LogP contribution >= 0.6 is 12.2 Å². The molecule has 0 saturated carbocycles. The van der Waals surface area contributed by atoms with Gasteiger partial charge in [-0.1, -0.05) is 74.0 Å². The molecule has 3 rings (SSSR count). The van der Waals surface area contributed by atoms with E-state index in [0.717, 1.165) is 42.4 Å². The van der Waals surface area contributed by atoms with Gasteiger partial charge < -0.3 is 4.90 Å². The molecule has 0 fully saturated rings. The van der Waals surface area contributed by atoms with Crippen molar-refractivity contribution in [3.63, 3.8) is 0 Å². The van der Waals surface area contributed by atoms with Gasteiger partial charge in [-0.25, -0.2) is 0 Å². The van der Waals surface area contributed by atoms with Gasteiger partial charge in [0, 0.05) is 18.8 Å². The van der Waals surface area contributed by atoms with Gasteiger partial charge in [-0.05, 0) is 67.4 Å². The molecule has 0 aliphatic carbocycles. The minimum Gasteiger partial charge on any atom is -0.344 e. The molecule has 0 heterocycles. The topological polar surface area (TPSA) is 6.48 Å². The number of hydrogen-bond donors (Lipinski definition) is 0. The van der Waals surface area contributed by atoms with E-state index in [4.69, 9.17) is 12.2 Å². The first kappa shape index (κ1) is 21.1. The summed E-state index contributed by atoms with van der Waals surface area (Å²) in [5.41, 5.74) is 5.98. The number of para-hydroxylation sites is 1. The third-order valence-corrected chi connectivity index (χ3v) is 5.52. The van der Waals surface area contributed by atoms with Gasteiger partial charge in [0.2, 0.25) is 0 Å². The normalized spacial score (nSPS) is 10.6. The summed E-state index contributed by atoms with van der Waals surface area (Å²) < 4.78 is 0. The lowest BCUT2D eigenvalue weighted by molar-refractivity contribution is 0.404. The second kappa shape index (κ2) is 10.2. The first-order chi connectivity index (χ1) is 14.1. The summed E-state index contributed by atoms with van der Waals surface area (Å²) >= 11 is 6.13. The van der Waals surface area contributed by atoms with Crippen LogP contribution in [0.2, 0.25) is 0 Å². The van der Waals surface area contributed by atoms with Crippen LogP contribution in [0.5, 0.6) is 0 Å². The van der Waals surface area contributed by atoms with Gasteiger partial charge in [-0.2, -0.15) is 0 Å². The second-order valence-electron chi connectivity index (χ2n) is 7.50. The predicted octanol–water partition coefficient (Wildman–Crippen LogP) is 7.03. The third kappa shape index (κ3) is 5.45. The Morgan fingerprint density at radius 3 is 2.17 bits per heavy atom. The number of hydrogen-bond acceptors (Lipinski definition) is 1. The highest BCUT2D eigenvalue weighted by atomic mass is 32.1. The fourth-order valence-corrected chi connectivity index (χ4v) is 3.79. The minimum absolute atomic E-state index is 0.813. The molecule has 150 valence electrons. The fraction of sp³-hybridized carbons (Fsp3) is 0.269. The third-order valence-electron chi connectivity index (χ3n) is 5.08. The van der Waals surface area contributed by atoms with E-state index in [1.807, 2.05) is 6.07 Å². The van der Waals surface area contributed by atoms with Crippen LogP contribution in [-0.2, 0) is 6.54 Å². The van der Waals surface area contributed by atoms with E-state index in [2.05, 4.69) is 103 Å². The molecule has 29 heavy (non-hydrogen) atoms. The average molecular weight is 403 g/mol. The van der Waals surface area contributed by atoms with Crippen LogP contribution in [0.25, 0.3) is 0 Å². The van der Waals surface area contributed by atoms with Crippen LogP contribution < -0.4 is 4.90 Å². The number of benzene rings is 3. The Morgan fingerprint density at radius 2 is 1.52 bits per heavy atom. The monoisotopic (exact) mass is 402 g/mol. The summed E-state index contributed by atoms with van der Waals surface area (Å²) in [7, 11) is 0. The summed E-state index contributed by atoms with van der Waals surface area (Å²) in [5.74, 6) is 0. The first-order valence-corrected chi connectivity index (χ1v) is 10.8. The molecule has 3 aromatic rings. The Labute approximate surface area is 180 Å². The Hall–Kier alpha value is -2.65. The highest BCUT2D eigenvalue weighted by molar-refractivity contribution is 7.80. The van der Waals surface area contributed by atoms with Crippen molar-refractivity contribution in [1.82, 2.24) is 4.90 Å². The molecule has 0 aliphatic heterocycles. The zero-order chi connectivity index (χ0) is 20.6. The highest BCUT2D eigenvalue weighted by Gasteiger charge is 2.22. The zero-order valence-electron chi connectivity index (χ0n) is 17.6. The van der Waals surface area contributed by atoms with Gasteiger partial charge in [0.1, 0.15) is 0 Å². The molecule has 0 N–H and O–H groups in total. The summed E-state index contributed by atoms with van der Waals surface area (Å²) in [4.78, 5) is 4.57. The van der Waals surface area contributed by atoms with E-state index >= 15 is 0 Å². The number of thiocarbonyl (C=S) groups is 1. The molecule has 0 atom stereocenters. The zero-order valence-corrected chi connectivity index (χ0v) is 18.5. The van der Waals surface area contributed by atoms with E-state index in [9.17, 15) is 0 Å². The quantitative estimate of drug-likeness (QED) is 0.392. The second-order valence-corrected chi connectivity index (χ2v) is 7.87. The molecule has 0 aliphatic rings. The summed E-state index contributed by atoms with van der Waals surface area (Å²) in [6.07, 6.45) is 2.26. The lowest BCUT2D eigenvalue weighted by Gasteiger charge is -2.35. The average Bonchev–Trinajstić information content (AvgIpc) is 2.75. The molecular formula is C26H30N2S. The van der Waals surface area contributed by atoms with E-state index < -0.39 is 0 Å². The molecule has 0 saturated heterocycles. The molecule has 0 radical (unpaired) electrons. The molecule has 0 amide bonds. The van der Waals surface area contributed by atoms with E-state index in [1.54, 1.807) is 0 Å². The predicted molar refractivity (Wildman–Crippen MR) is 129 cm³/mol. The van der Waals surface area contributed by atoms with Crippen molar-refractivity contribution in [2.75, 3.05) is 11.4 Å². The van der Waals surface area contributed by atoms with Gasteiger partial charge in [-0.3, -0.25) is 4.90 Å². The number of aryl methyl sites for hydroxylation is 2. The van der Waals surface area contributed by atoms with Crippen molar-refractivity contribution in [1.29, 1.82) is 0 Å². The Kier molecular flexibility index (Phi) is 7.42. The molecule has 2 nitrogen and oxygen atoms in total. The minimum atomic E-state index is 0.813. The molecule has 3 heteroatoms. The molecule has 0 unspecified atom stereocenters. The van der Waals surface area contributed by atoms with Crippen molar-refractivity contribution in [2.24, 2.45) is 0 Å². The Morgan fingerprint density at radius 1 is 0.862 bits per heavy atom. The lowest BCUT2D eigenvalue weighted by Crippen LogP contribution is -2.41. The largest absolute Gasteiger partial charge is 0.344 e.